The van der Waals surface area contributed by atoms with Crippen LogP contribution in [0.2, 0.25) is 0 Å². The molecule has 0 atom stereocenters. The first kappa shape index (κ1) is 23.3. The van der Waals surface area contributed by atoms with Gasteiger partial charge in [0.25, 0.3) is 0 Å². The molecule has 0 saturated heterocycles. The van der Waals surface area contributed by atoms with Crippen LogP contribution in [0, 0.1) is 11.3 Å². The first-order valence-corrected chi connectivity index (χ1v) is 11.6. The Bertz CT molecular complexity index is 896. The summed E-state index contributed by atoms with van der Waals surface area (Å²) in [5, 5.41) is 3.05. The second kappa shape index (κ2) is 9.86. The van der Waals surface area contributed by atoms with Gasteiger partial charge in [0, 0.05) is 28.3 Å². The number of anilines is 1. The fourth-order valence-corrected chi connectivity index (χ4v) is 4.58. The Labute approximate surface area is 193 Å². The molecule has 2 aromatic carbocycles. The average Bonchev–Trinajstić information content (AvgIpc) is 2.73. The molecule has 0 bridgehead atoms. The lowest BCUT2D eigenvalue weighted by atomic mass is 9.71. The summed E-state index contributed by atoms with van der Waals surface area (Å²) in [7, 11) is 0. The molecule has 0 spiro atoms. The number of rotatable bonds is 5. The monoisotopic (exact) mass is 485 g/mol. The molecular formula is C25H32BrN3O2. The number of primary amides is 1. The van der Waals surface area contributed by atoms with Gasteiger partial charge in [-0.25, -0.2) is 4.79 Å². The maximum Gasteiger partial charge on any atom is 0.322 e. The molecule has 6 heteroatoms. The Kier molecular flexibility index (Phi) is 7.42. The van der Waals surface area contributed by atoms with Crippen LogP contribution < -0.4 is 11.1 Å². The van der Waals surface area contributed by atoms with Gasteiger partial charge in [-0.3, -0.25) is 4.79 Å². The van der Waals surface area contributed by atoms with Crippen LogP contribution in [0.3, 0.4) is 0 Å². The highest BCUT2D eigenvalue weighted by Crippen LogP contribution is 2.39. The molecule has 0 aromatic heterocycles. The number of nitrogens with two attached hydrogens (primary N) is 1. The Morgan fingerprint density at radius 3 is 2.10 bits per heavy atom. The summed E-state index contributed by atoms with van der Waals surface area (Å²) in [5.74, 6) is 0.229. The number of halogens is 1. The van der Waals surface area contributed by atoms with Crippen LogP contribution in [0.25, 0.3) is 0 Å². The van der Waals surface area contributed by atoms with Gasteiger partial charge in [0.15, 0.2) is 0 Å². The number of nitrogens with zero attached hydrogens (tertiary/aromatic N) is 1. The zero-order valence-electron chi connectivity index (χ0n) is 18.5. The maximum atomic E-state index is 13.3. The van der Waals surface area contributed by atoms with Gasteiger partial charge in [0.05, 0.1) is 0 Å². The van der Waals surface area contributed by atoms with Crippen LogP contribution >= 0.6 is 15.9 Å². The van der Waals surface area contributed by atoms with E-state index in [-0.39, 0.29) is 12.1 Å². The summed E-state index contributed by atoms with van der Waals surface area (Å²) in [4.78, 5) is 26.6. The van der Waals surface area contributed by atoms with E-state index in [1.807, 2.05) is 41.3 Å². The molecule has 2 aromatic rings. The Hall–Kier alpha value is -2.34. The van der Waals surface area contributed by atoms with Crippen LogP contribution in [-0.4, -0.2) is 22.9 Å². The molecule has 0 heterocycles. The molecule has 0 unspecified atom stereocenters. The third-order valence-electron chi connectivity index (χ3n) is 6.31. The van der Waals surface area contributed by atoms with Crippen LogP contribution in [0.5, 0.6) is 0 Å². The molecule has 3 amide bonds. The average molecular weight is 486 g/mol. The Balaban J connectivity index is 1.77. The molecule has 1 fully saturated rings. The molecule has 166 valence electrons. The van der Waals surface area contributed by atoms with Crippen LogP contribution in [0.4, 0.5) is 10.5 Å². The van der Waals surface area contributed by atoms with Crippen molar-refractivity contribution in [3.8, 4) is 0 Å². The van der Waals surface area contributed by atoms with Crippen LogP contribution in [0.1, 0.15) is 62.4 Å². The number of carbonyl (C=O) groups excluding carboxylic acids is 2. The predicted molar refractivity (Wildman–Crippen MR) is 129 cm³/mol. The minimum Gasteiger partial charge on any atom is -0.366 e. The molecule has 0 radical (unpaired) electrons. The molecular weight excluding hydrogens is 454 g/mol. The number of amides is 3. The van der Waals surface area contributed by atoms with Crippen molar-refractivity contribution in [2.45, 2.75) is 59.0 Å². The Morgan fingerprint density at radius 2 is 1.58 bits per heavy atom. The van der Waals surface area contributed by atoms with E-state index in [9.17, 15) is 9.59 Å². The number of benzene rings is 2. The first-order chi connectivity index (χ1) is 14.6. The summed E-state index contributed by atoms with van der Waals surface area (Å²) < 4.78 is 0.970. The molecule has 1 aliphatic rings. The molecule has 1 aliphatic carbocycles. The van der Waals surface area contributed by atoms with Gasteiger partial charge in [-0.15, -0.1) is 0 Å². The number of carbonyl (C=O) groups is 2. The van der Waals surface area contributed by atoms with Gasteiger partial charge in [-0.1, -0.05) is 48.8 Å². The number of nitrogens with one attached hydrogen (secondary N) is 1. The Morgan fingerprint density at radius 1 is 1.00 bits per heavy atom. The maximum absolute atomic E-state index is 13.3. The van der Waals surface area contributed by atoms with Crippen molar-refractivity contribution >= 4 is 33.6 Å². The fourth-order valence-electron chi connectivity index (χ4n) is 4.32. The zero-order chi connectivity index (χ0) is 22.6. The minimum atomic E-state index is -0.447. The van der Waals surface area contributed by atoms with E-state index in [4.69, 9.17) is 5.73 Å². The zero-order valence-corrected chi connectivity index (χ0v) is 20.1. The summed E-state index contributed by atoms with van der Waals surface area (Å²) in [6.07, 6.45) is 4.23. The molecule has 3 N–H and O–H groups in total. The molecule has 31 heavy (non-hydrogen) atoms. The van der Waals surface area contributed by atoms with E-state index >= 15 is 0 Å². The van der Waals surface area contributed by atoms with Gasteiger partial charge in [-0.2, -0.15) is 0 Å². The molecule has 3 rings (SSSR count). The summed E-state index contributed by atoms with van der Waals surface area (Å²) >= 11 is 3.43. The minimum absolute atomic E-state index is 0.0968. The van der Waals surface area contributed by atoms with Crippen molar-refractivity contribution in [2.75, 3.05) is 5.32 Å². The topological polar surface area (TPSA) is 75.4 Å². The lowest BCUT2D eigenvalue weighted by Gasteiger charge is -2.41. The smallest absolute Gasteiger partial charge is 0.322 e. The van der Waals surface area contributed by atoms with E-state index in [1.165, 1.54) is 0 Å². The first-order valence-electron chi connectivity index (χ1n) is 10.9. The van der Waals surface area contributed by atoms with Gasteiger partial charge >= 0.3 is 6.03 Å². The summed E-state index contributed by atoms with van der Waals surface area (Å²) in [6, 6.07) is 14.9. The second-order valence-corrected chi connectivity index (χ2v) is 10.4. The quantitative estimate of drug-likeness (QED) is 0.529. The largest absolute Gasteiger partial charge is 0.366 e. The van der Waals surface area contributed by atoms with Crippen molar-refractivity contribution in [3.05, 3.63) is 64.1 Å². The van der Waals surface area contributed by atoms with Crippen molar-refractivity contribution in [1.29, 1.82) is 0 Å². The summed E-state index contributed by atoms with van der Waals surface area (Å²) in [6.45, 7) is 7.40. The van der Waals surface area contributed by atoms with E-state index in [0.717, 1.165) is 41.4 Å². The van der Waals surface area contributed by atoms with Gasteiger partial charge < -0.3 is 16.0 Å². The second-order valence-electron chi connectivity index (χ2n) is 9.50. The van der Waals surface area contributed by atoms with Crippen molar-refractivity contribution in [3.63, 3.8) is 0 Å². The normalized spacial score (nSPS) is 19.0. The van der Waals surface area contributed by atoms with E-state index in [0.29, 0.717) is 23.4 Å². The number of urea groups is 1. The van der Waals surface area contributed by atoms with Gasteiger partial charge in [0.1, 0.15) is 0 Å². The highest BCUT2D eigenvalue weighted by molar-refractivity contribution is 9.10. The third kappa shape index (κ3) is 6.33. The van der Waals surface area contributed by atoms with E-state index in [2.05, 4.69) is 42.0 Å². The van der Waals surface area contributed by atoms with Crippen molar-refractivity contribution < 1.29 is 9.59 Å². The molecule has 5 nitrogen and oxygen atoms in total. The number of hydrogen-bond acceptors (Lipinski definition) is 2. The molecule has 1 saturated carbocycles. The van der Waals surface area contributed by atoms with E-state index in [1.54, 1.807) is 12.1 Å². The van der Waals surface area contributed by atoms with E-state index < -0.39 is 5.91 Å². The van der Waals surface area contributed by atoms with Crippen LogP contribution in [0.15, 0.2) is 53.0 Å². The lowest BCUT2D eigenvalue weighted by molar-refractivity contribution is 0.0999. The predicted octanol–water partition coefficient (Wildman–Crippen LogP) is 6.19. The third-order valence-corrected chi connectivity index (χ3v) is 6.84. The standard InChI is InChI=1S/C25H32BrN3O2/c1-25(2,3)19-8-14-22(15-9-19)29(16-17-4-6-18(7-5-17)23(27)30)24(31)28-21-12-10-20(26)11-13-21/h4-7,10-13,19,22H,8-9,14-16H2,1-3H3,(H2,27,30)(H,28,31). The highest BCUT2D eigenvalue weighted by atomic mass is 79.9. The van der Waals surface area contributed by atoms with Gasteiger partial charge in [-0.05, 0) is 79.0 Å². The fraction of sp³-hybridized carbons (Fsp3) is 0.440. The van der Waals surface area contributed by atoms with Crippen LogP contribution in [-0.2, 0) is 6.54 Å². The lowest BCUT2D eigenvalue weighted by Crippen LogP contribution is -2.45. The highest BCUT2D eigenvalue weighted by Gasteiger charge is 2.33. The van der Waals surface area contributed by atoms with Crippen molar-refractivity contribution in [1.82, 2.24) is 4.90 Å². The van der Waals surface area contributed by atoms with Crippen molar-refractivity contribution in [2.24, 2.45) is 17.1 Å². The number of hydrogen-bond donors (Lipinski definition) is 2. The van der Waals surface area contributed by atoms with Gasteiger partial charge in [0.2, 0.25) is 5.91 Å². The summed E-state index contributed by atoms with van der Waals surface area (Å²) in [5.41, 5.74) is 7.87. The SMILES string of the molecule is CC(C)(C)C1CCC(N(Cc2ccc(C(N)=O)cc2)C(=O)Nc2ccc(Br)cc2)CC1. The molecule has 0 aliphatic heterocycles.